The number of thioether (sulfide) groups is 1. The Hall–Kier alpha value is -2.29. The van der Waals surface area contributed by atoms with Gasteiger partial charge in [0.2, 0.25) is 0 Å². The SMILES string of the molecule is N#Cc1ccc(-c2cnccc2SC(=O)C2CCC2)n2ccc(Cl)c12. The third kappa shape index (κ3) is 2.82. The molecule has 0 saturated heterocycles. The van der Waals surface area contributed by atoms with Crippen LogP contribution in [0.3, 0.4) is 0 Å². The molecule has 1 fully saturated rings. The van der Waals surface area contributed by atoms with Crippen molar-refractivity contribution in [3.63, 3.8) is 0 Å². The summed E-state index contributed by atoms with van der Waals surface area (Å²) in [5.74, 6) is 0.174. The summed E-state index contributed by atoms with van der Waals surface area (Å²) in [4.78, 5) is 17.5. The Bertz CT molecular complexity index is 1020. The van der Waals surface area contributed by atoms with Gasteiger partial charge in [-0.25, -0.2) is 0 Å². The van der Waals surface area contributed by atoms with Gasteiger partial charge in [0, 0.05) is 35.0 Å². The second-order valence-electron chi connectivity index (χ2n) is 6.05. The van der Waals surface area contributed by atoms with Gasteiger partial charge in [0.1, 0.15) is 6.07 Å². The van der Waals surface area contributed by atoms with E-state index in [4.69, 9.17) is 11.6 Å². The maximum atomic E-state index is 12.4. The predicted molar refractivity (Wildman–Crippen MR) is 98.6 cm³/mol. The number of aromatic nitrogens is 2. The number of halogens is 1. The van der Waals surface area contributed by atoms with Crippen LogP contribution in [0.2, 0.25) is 5.02 Å². The molecule has 25 heavy (non-hydrogen) atoms. The summed E-state index contributed by atoms with van der Waals surface area (Å²) >= 11 is 7.55. The van der Waals surface area contributed by atoms with Crippen molar-refractivity contribution in [1.82, 2.24) is 9.38 Å². The van der Waals surface area contributed by atoms with Crippen LogP contribution in [0, 0.1) is 17.2 Å². The van der Waals surface area contributed by atoms with Crippen LogP contribution in [-0.2, 0) is 4.79 Å². The zero-order valence-electron chi connectivity index (χ0n) is 13.3. The van der Waals surface area contributed by atoms with Crippen LogP contribution in [0.15, 0.2) is 47.8 Å². The number of carbonyl (C=O) groups is 1. The number of nitriles is 1. The van der Waals surface area contributed by atoms with Crippen molar-refractivity contribution in [2.24, 2.45) is 5.92 Å². The molecule has 3 heterocycles. The van der Waals surface area contributed by atoms with Gasteiger partial charge in [-0.3, -0.25) is 9.78 Å². The van der Waals surface area contributed by atoms with Gasteiger partial charge in [-0.1, -0.05) is 29.8 Å². The Morgan fingerprint density at radius 1 is 1.32 bits per heavy atom. The van der Waals surface area contributed by atoms with Crippen molar-refractivity contribution < 1.29 is 4.79 Å². The monoisotopic (exact) mass is 367 g/mol. The molecule has 6 heteroatoms. The molecule has 4 nitrogen and oxygen atoms in total. The highest BCUT2D eigenvalue weighted by Crippen LogP contribution is 2.38. The van der Waals surface area contributed by atoms with Crippen molar-refractivity contribution >= 4 is 34.0 Å². The van der Waals surface area contributed by atoms with Crippen LogP contribution in [0.1, 0.15) is 24.8 Å². The number of fused-ring (bicyclic) bond motifs is 1. The Morgan fingerprint density at radius 2 is 2.16 bits per heavy atom. The molecule has 1 aliphatic rings. The number of rotatable bonds is 3. The summed E-state index contributed by atoms with van der Waals surface area (Å²) < 4.78 is 1.88. The number of pyridine rings is 2. The van der Waals surface area contributed by atoms with Gasteiger partial charge < -0.3 is 4.40 Å². The van der Waals surface area contributed by atoms with Crippen molar-refractivity contribution in [3.05, 3.63) is 53.4 Å². The normalized spacial score (nSPS) is 14.2. The summed E-state index contributed by atoms with van der Waals surface area (Å²) in [5.41, 5.74) is 2.91. The lowest BCUT2D eigenvalue weighted by molar-refractivity contribution is -0.116. The first-order valence-electron chi connectivity index (χ1n) is 8.05. The second kappa shape index (κ2) is 6.55. The first kappa shape index (κ1) is 16.2. The minimum Gasteiger partial charge on any atom is -0.314 e. The van der Waals surface area contributed by atoms with Crippen LogP contribution < -0.4 is 0 Å². The minimum atomic E-state index is 0.174. The minimum absolute atomic E-state index is 0.174. The first-order chi connectivity index (χ1) is 12.2. The van der Waals surface area contributed by atoms with E-state index in [0.717, 1.165) is 35.4 Å². The topological polar surface area (TPSA) is 58.2 Å². The molecule has 0 radical (unpaired) electrons. The van der Waals surface area contributed by atoms with E-state index in [1.165, 1.54) is 11.8 Å². The number of carbonyl (C=O) groups excluding carboxylic acids is 1. The van der Waals surface area contributed by atoms with E-state index < -0.39 is 0 Å². The molecule has 0 amide bonds. The molecule has 1 aliphatic carbocycles. The Kier molecular flexibility index (Phi) is 4.24. The van der Waals surface area contributed by atoms with Gasteiger partial charge in [-0.2, -0.15) is 5.26 Å². The molecule has 4 rings (SSSR count). The summed E-state index contributed by atoms with van der Waals surface area (Å²) in [5, 5.41) is 10.1. The van der Waals surface area contributed by atoms with E-state index in [0.29, 0.717) is 16.1 Å². The van der Waals surface area contributed by atoms with Gasteiger partial charge in [0.05, 0.1) is 21.8 Å². The van der Waals surface area contributed by atoms with Crippen LogP contribution >= 0.6 is 23.4 Å². The fraction of sp³-hybridized carbons (Fsp3) is 0.211. The predicted octanol–water partition coefficient (Wildman–Crippen LogP) is 4.95. The molecule has 0 atom stereocenters. The first-order valence-corrected chi connectivity index (χ1v) is 9.24. The fourth-order valence-corrected chi connectivity index (χ4v) is 4.26. The molecule has 3 aromatic rings. The number of nitrogens with zero attached hydrogens (tertiary/aromatic N) is 3. The van der Waals surface area contributed by atoms with Gasteiger partial charge in [-0.05, 0) is 37.1 Å². The lowest BCUT2D eigenvalue weighted by Gasteiger charge is -2.23. The summed E-state index contributed by atoms with van der Waals surface area (Å²) in [6.45, 7) is 0. The molecule has 124 valence electrons. The molecule has 0 aromatic carbocycles. The molecule has 3 aromatic heterocycles. The zero-order valence-corrected chi connectivity index (χ0v) is 14.8. The molecule has 0 N–H and O–H groups in total. The van der Waals surface area contributed by atoms with Gasteiger partial charge in [0.25, 0.3) is 0 Å². The molecule has 0 bridgehead atoms. The van der Waals surface area contributed by atoms with Crippen LogP contribution in [0.4, 0.5) is 0 Å². The van der Waals surface area contributed by atoms with Crippen molar-refractivity contribution in [2.75, 3.05) is 0 Å². The Morgan fingerprint density at radius 3 is 2.88 bits per heavy atom. The third-order valence-corrected chi connectivity index (χ3v) is 6.00. The molecule has 0 unspecified atom stereocenters. The van der Waals surface area contributed by atoms with E-state index in [1.54, 1.807) is 24.5 Å². The fourth-order valence-electron chi connectivity index (χ4n) is 3.00. The summed E-state index contributed by atoms with van der Waals surface area (Å²) in [6, 6.07) is 9.43. The van der Waals surface area contributed by atoms with E-state index in [2.05, 4.69) is 11.1 Å². The van der Waals surface area contributed by atoms with Crippen LogP contribution in [-0.4, -0.2) is 14.5 Å². The number of hydrogen-bond donors (Lipinski definition) is 0. The lowest BCUT2D eigenvalue weighted by atomic mass is 9.87. The van der Waals surface area contributed by atoms with E-state index in [1.807, 2.05) is 22.7 Å². The van der Waals surface area contributed by atoms with Gasteiger partial charge >= 0.3 is 0 Å². The average molecular weight is 368 g/mol. The standard InChI is InChI=1S/C19H14ClN3OS/c20-15-7-9-23-16(5-4-13(10-21)18(15)23)14-11-22-8-6-17(14)25-19(24)12-2-1-3-12/h4-9,11-12H,1-3H2. The molecule has 1 saturated carbocycles. The van der Waals surface area contributed by atoms with Crippen molar-refractivity contribution in [1.29, 1.82) is 5.26 Å². The van der Waals surface area contributed by atoms with E-state index in [-0.39, 0.29) is 11.0 Å². The Labute approximate surface area is 154 Å². The highest BCUT2D eigenvalue weighted by Gasteiger charge is 2.27. The molecule has 0 aliphatic heterocycles. The second-order valence-corrected chi connectivity index (χ2v) is 7.50. The third-order valence-electron chi connectivity index (χ3n) is 4.59. The van der Waals surface area contributed by atoms with Gasteiger partial charge in [0.15, 0.2) is 5.12 Å². The average Bonchev–Trinajstić information content (AvgIpc) is 2.95. The zero-order chi connectivity index (χ0) is 17.4. The Balaban J connectivity index is 1.82. The molecular weight excluding hydrogens is 354 g/mol. The molecule has 0 spiro atoms. The maximum Gasteiger partial charge on any atom is 0.196 e. The largest absolute Gasteiger partial charge is 0.314 e. The number of hydrogen-bond acceptors (Lipinski definition) is 4. The smallest absolute Gasteiger partial charge is 0.196 e. The maximum absolute atomic E-state index is 12.4. The highest BCUT2D eigenvalue weighted by molar-refractivity contribution is 8.13. The molecular formula is C19H14ClN3OS. The van der Waals surface area contributed by atoms with Crippen molar-refractivity contribution in [3.8, 4) is 17.3 Å². The van der Waals surface area contributed by atoms with E-state index in [9.17, 15) is 10.1 Å². The summed E-state index contributed by atoms with van der Waals surface area (Å²) in [7, 11) is 0. The van der Waals surface area contributed by atoms with Crippen molar-refractivity contribution in [2.45, 2.75) is 24.2 Å². The summed E-state index contributed by atoms with van der Waals surface area (Å²) in [6.07, 6.45) is 8.40. The van der Waals surface area contributed by atoms with Crippen LogP contribution in [0.25, 0.3) is 16.8 Å². The quantitative estimate of drug-likeness (QED) is 0.615. The lowest BCUT2D eigenvalue weighted by Crippen LogP contribution is -2.19. The van der Waals surface area contributed by atoms with Crippen LogP contribution in [0.5, 0.6) is 0 Å². The van der Waals surface area contributed by atoms with Gasteiger partial charge in [-0.15, -0.1) is 0 Å². The van der Waals surface area contributed by atoms with E-state index >= 15 is 0 Å². The highest BCUT2D eigenvalue weighted by atomic mass is 35.5.